The van der Waals surface area contributed by atoms with Crippen LogP contribution in [-0.2, 0) is 0 Å². The Bertz CT molecular complexity index is 1060. The quantitative estimate of drug-likeness (QED) is 0.360. The van der Waals surface area contributed by atoms with Crippen molar-refractivity contribution in [1.29, 1.82) is 0 Å². The molecule has 0 amide bonds. The first kappa shape index (κ1) is 19.4. The lowest BCUT2D eigenvalue weighted by atomic mass is 10.2. The van der Waals surface area contributed by atoms with Gasteiger partial charge in [-0.25, -0.2) is 0 Å². The smallest absolute Gasteiger partial charge is 0.227 e. The first-order valence-corrected chi connectivity index (χ1v) is 9.62. The molecule has 10 heteroatoms. The van der Waals surface area contributed by atoms with Crippen LogP contribution in [0.15, 0.2) is 48.5 Å². The first-order valence-electron chi connectivity index (χ1n) is 9.62. The number of ether oxygens (including phenoxy) is 4. The molecule has 0 fully saturated rings. The number of hydrogen-bond acceptors (Lipinski definition) is 10. The Kier molecular flexibility index (Phi) is 4.59. The molecule has 10 nitrogen and oxygen atoms in total. The van der Waals surface area contributed by atoms with Gasteiger partial charge in [0.2, 0.25) is 35.4 Å². The Hall–Kier alpha value is -4.60. The highest BCUT2D eigenvalue weighted by atomic mass is 16.5. The van der Waals surface area contributed by atoms with Crippen LogP contribution in [0, 0.1) is 13.8 Å². The van der Waals surface area contributed by atoms with Crippen LogP contribution in [0.4, 0.5) is 11.9 Å². The van der Waals surface area contributed by atoms with E-state index in [0.29, 0.717) is 23.0 Å². The van der Waals surface area contributed by atoms with Crippen molar-refractivity contribution >= 4 is 11.9 Å². The van der Waals surface area contributed by atoms with E-state index in [-0.39, 0.29) is 35.4 Å². The summed E-state index contributed by atoms with van der Waals surface area (Å²) in [5, 5.41) is 0. The van der Waals surface area contributed by atoms with Gasteiger partial charge in [0.05, 0.1) is 12.1 Å². The average Bonchev–Trinajstić information content (AvgIpc) is 2.65. The second kappa shape index (κ2) is 7.58. The lowest BCUT2D eigenvalue weighted by Gasteiger charge is -2.14. The number of benzene rings is 2. The standard InChI is InChI=1S/C22H18N6O4/c1-11-3-13-7-14(4-11)30-18-10-20(28-22(24)26-18)32-16-6-12(2)5-15(8-16)31-19-9-17(29-13)25-21(23)27-19/h3-10H,1-2H3,(H2,23,25,27)(H2,24,26,28). The molecular weight excluding hydrogens is 412 g/mol. The maximum Gasteiger partial charge on any atom is 0.227 e. The minimum Gasteiger partial charge on any atom is -0.439 e. The fourth-order valence-electron chi connectivity index (χ4n) is 3.20. The second-order valence-corrected chi connectivity index (χ2v) is 7.18. The highest BCUT2D eigenvalue weighted by molar-refractivity contribution is 5.45. The van der Waals surface area contributed by atoms with Crippen molar-refractivity contribution in [1.82, 2.24) is 19.9 Å². The third-order valence-corrected chi connectivity index (χ3v) is 4.33. The van der Waals surface area contributed by atoms with Crippen molar-refractivity contribution in [3.8, 4) is 46.5 Å². The van der Waals surface area contributed by atoms with Crippen LogP contribution in [0.25, 0.3) is 0 Å². The van der Waals surface area contributed by atoms with E-state index in [0.717, 1.165) is 11.1 Å². The second-order valence-electron chi connectivity index (χ2n) is 7.18. The van der Waals surface area contributed by atoms with Crippen molar-refractivity contribution in [2.45, 2.75) is 13.8 Å². The van der Waals surface area contributed by atoms with E-state index >= 15 is 0 Å². The molecule has 4 N–H and O–H groups in total. The number of fused-ring (bicyclic) bond motifs is 8. The van der Waals surface area contributed by atoms with Crippen molar-refractivity contribution in [2.75, 3.05) is 11.5 Å². The molecule has 0 spiro atoms. The average molecular weight is 430 g/mol. The molecule has 2 aromatic carbocycles. The number of nitrogens with zero attached hydrogens (tertiary/aromatic N) is 4. The fraction of sp³-hybridized carbons (Fsp3) is 0.0909. The normalized spacial score (nSPS) is 12.1. The van der Waals surface area contributed by atoms with Gasteiger partial charge in [-0.05, 0) is 49.2 Å². The van der Waals surface area contributed by atoms with Crippen LogP contribution in [0.3, 0.4) is 0 Å². The van der Waals surface area contributed by atoms with Gasteiger partial charge in [-0.15, -0.1) is 0 Å². The van der Waals surface area contributed by atoms with Gasteiger partial charge >= 0.3 is 0 Å². The zero-order valence-corrected chi connectivity index (χ0v) is 17.2. The van der Waals surface area contributed by atoms with E-state index in [1.54, 1.807) is 24.3 Å². The Labute approximate surface area is 182 Å². The number of rotatable bonds is 0. The van der Waals surface area contributed by atoms with E-state index in [4.69, 9.17) is 30.4 Å². The minimum atomic E-state index is 0.00530. The van der Waals surface area contributed by atoms with Crippen molar-refractivity contribution in [2.24, 2.45) is 0 Å². The highest BCUT2D eigenvalue weighted by Gasteiger charge is 2.13. The van der Waals surface area contributed by atoms with E-state index in [1.165, 1.54) is 0 Å². The number of aromatic nitrogens is 4. The van der Waals surface area contributed by atoms with Crippen LogP contribution in [0.1, 0.15) is 11.1 Å². The molecule has 0 unspecified atom stereocenters. The molecule has 3 heterocycles. The predicted octanol–water partition coefficient (Wildman–Crippen LogP) is 4.53. The maximum absolute atomic E-state index is 5.91. The van der Waals surface area contributed by atoms with E-state index in [9.17, 15) is 0 Å². The summed E-state index contributed by atoms with van der Waals surface area (Å²) >= 11 is 0. The molecular formula is C22H18N6O4. The molecule has 1 aliphatic heterocycles. The van der Waals surface area contributed by atoms with Gasteiger partial charge < -0.3 is 30.4 Å². The molecule has 0 aliphatic carbocycles. The van der Waals surface area contributed by atoms with Gasteiger partial charge in [-0.1, -0.05) is 0 Å². The number of nitrogen functional groups attached to an aromatic ring is 2. The summed E-state index contributed by atoms with van der Waals surface area (Å²) in [5.41, 5.74) is 13.5. The fourth-order valence-corrected chi connectivity index (χ4v) is 3.20. The zero-order chi connectivity index (χ0) is 22.2. The molecule has 0 radical (unpaired) electrons. The van der Waals surface area contributed by atoms with Gasteiger partial charge in [0.15, 0.2) is 0 Å². The number of anilines is 2. The Morgan fingerprint density at radius 2 is 0.750 bits per heavy atom. The summed E-state index contributed by atoms with van der Waals surface area (Å²) in [4.78, 5) is 16.5. The van der Waals surface area contributed by atoms with Crippen molar-refractivity contribution in [3.05, 3.63) is 59.7 Å². The SMILES string of the molecule is Cc1cc2cc(c1)Oc1cc(nc(N)n1)Oc1cc(C)cc(c1)Oc1cc(nc(N)n1)O2. The third kappa shape index (κ3) is 4.29. The van der Waals surface area contributed by atoms with Gasteiger partial charge in [0.1, 0.15) is 23.0 Å². The molecule has 0 atom stereocenters. The van der Waals surface area contributed by atoms with Gasteiger partial charge in [-0.2, -0.15) is 19.9 Å². The summed E-state index contributed by atoms with van der Waals surface area (Å²) < 4.78 is 23.6. The third-order valence-electron chi connectivity index (χ3n) is 4.33. The molecule has 4 aromatic rings. The lowest BCUT2D eigenvalue weighted by Crippen LogP contribution is -2.01. The Balaban J connectivity index is 1.66. The van der Waals surface area contributed by atoms with Gasteiger partial charge in [0.25, 0.3) is 0 Å². The first-order chi connectivity index (χ1) is 15.4. The summed E-state index contributed by atoms with van der Waals surface area (Å²) in [6.07, 6.45) is 0. The number of nitrogens with two attached hydrogens (primary N) is 2. The molecule has 0 saturated heterocycles. The topological polar surface area (TPSA) is 141 Å². The predicted molar refractivity (Wildman–Crippen MR) is 116 cm³/mol. The van der Waals surface area contributed by atoms with Gasteiger partial charge in [-0.3, -0.25) is 0 Å². The van der Waals surface area contributed by atoms with Crippen molar-refractivity contribution < 1.29 is 18.9 Å². The van der Waals surface area contributed by atoms with Crippen LogP contribution in [0.5, 0.6) is 46.5 Å². The van der Waals surface area contributed by atoms with Crippen molar-refractivity contribution in [3.63, 3.8) is 0 Å². The molecule has 160 valence electrons. The highest BCUT2D eigenvalue weighted by Crippen LogP contribution is 2.34. The number of aryl methyl sites for hydroxylation is 2. The monoisotopic (exact) mass is 430 g/mol. The van der Waals surface area contributed by atoms with E-state index < -0.39 is 0 Å². The Morgan fingerprint density at radius 3 is 1.03 bits per heavy atom. The minimum absolute atomic E-state index is 0.00530. The molecule has 32 heavy (non-hydrogen) atoms. The largest absolute Gasteiger partial charge is 0.439 e. The lowest BCUT2D eigenvalue weighted by molar-refractivity contribution is 0.415. The zero-order valence-electron chi connectivity index (χ0n) is 17.2. The van der Waals surface area contributed by atoms with Crippen LogP contribution < -0.4 is 30.4 Å². The van der Waals surface area contributed by atoms with E-state index in [1.807, 2.05) is 38.1 Å². The maximum atomic E-state index is 5.91. The summed E-state index contributed by atoms with van der Waals surface area (Å²) in [5.74, 6) is 2.79. The Morgan fingerprint density at radius 1 is 0.469 bits per heavy atom. The van der Waals surface area contributed by atoms with Crippen LogP contribution >= 0.6 is 0 Å². The van der Waals surface area contributed by atoms with Crippen LogP contribution in [-0.4, -0.2) is 19.9 Å². The van der Waals surface area contributed by atoms with Crippen LogP contribution in [0.2, 0.25) is 0 Å². The molecule has 2 aromatic heterocycles. The molecule has 1 aliphatic rings. The summed E-state index contributed by atoms with van der Waals surface area (Å²) in [6.45, 7) is 3.80. The summed E-state index contributed by atoms with van der Waals surface area (Å²) in [6, 6.07) is 13.7. The van der Waals surface area contributed by atoms with Gasteiger partial charge in [0, 0.05) is 12.1 Å². The van der Waals surface area contributed by atoms with E-state index in [2.05, 4.69) is 19.9 Å². The summed E-state index contributed by atoms with van der Waals surface area (Å²) in [7, 11) is 0. The molecule has 8 bridgehead atoms. The molecule has 5 rings (SSSR count). The number of hydrogen-bond donors (Lipinski definition) is 2. The molecule has 0 saturated carbocycles.